The number of rotatable bonds is 7. The van der Waals surface area contributed by atoms with Crippen molar-refractivity contribution in [3.63, 3.8) is 0 Å². The van der Waals surface area contributed by atoms with E-state index in [0.29, 0.717) is 17.9 Å². The second-order valence-corrected chi connectivity index (χ2v) is 9.11. The monoisotopic (exact) mass is 431 g/mol. The number of amides is 1. The Bertz CT molecular complexity index is 1110. The lowest BCUT2D eigenvalue weighted by Crippen LogP contribution is -2.26. The first-order chi connectivity index (χ1) is 13.7. The van der Waals surface area contributed by atoms with Crippen molar-refractivity contribution >= 4 is 27.3 Å². The van der Waals surface area contributed by atoms with E-state index in [1.165, 1.54) is 12.1 Å². The van der Waals surface area contributed by atoms with E-state index < -0.39 is 10.0 Å². The van der Waals surface area contributed by atoms with Gasteiger partial charge in [-0.05, 0) is 49.7 Å². The minimum atomic E-state index is -3.75. The zero-order chi connectivity index (χ0) is 21.0. The van der Waals surface area contributed by atoms with Crippen LogP contribution in [0.2, 0.25) is 0 Å². The lowest BCUT2D eigenvalue weighted by Gasteiger charge is -2.15. The highest BCUT2D eigenvalue weighted by Gasteiger charge is 2.14. The molecule has 2 aromatic carbocycles. The lowest BCUT2D eigenvalue weighted by atomic mass is 10.1. The minimum Gasteiger partial charge on any atom is -0.487 e. The first-order valence-electron chi connectivity index (χ1n) is 8.80. The molecule has 0 spiro atoms. The van der Waals surface area contributed by atoms with Gasteiger partial charge in [-0.1, -0.05) is 18.2 Å². The summed E-state index contributed by atoms with van der Waals surface area (Å²) < 4.78 is 28.4. The number of hydrogen-bond acceptors (Lipinski definition) is 6. The summed E-state index contributed by atoms with van der Waals surface area (Å²) in [6, 6.07) is 12.7. The summed E-state index contributed by atoms with van der Waals surface area (Å²) in [5.41, 5.74) is 2.07. The fourth-order valence-electron chi connectivity index (χ4n) is 2.67. The highest BCUT2D eigenvalue weighted by molar-refractivity contribution is 7.89. The van der Waals surface area contributed by atoms with E-state index in [2.05, 4.69) is 10.3 Å². The van der Waals surface area contributed by atoms with Crippen molar-refractivity contribution in [1.29, 1.82) is 0 Å². The normalized spacial score (nSPS) is 12.4. The van der Waals surface area contributed by atoms with Crippen LogP contribution in [0.4, 0.5) is 0 Å². The molecule has 3 rings (SSSR count). The van der Waals surface area contributed by atoms with Gasteiger partial charge in [-0.15, -0.1) is 11.3 Å². The van der Waals surface area contributed by atoms with E-state index in [0.717, 1.165) is 16.3 Å². The Morgan fingerprint density at radius 3 is 2.59 bits per heavy atom. The number of thiazole rings is 1. The predicted molar refractivity (Wildman–Crippen MR) is 111 cm³/mol. The Balaban J connectivity index is 1.64. The van der Waals surface area contributed by atoms with Crippen LogP contribution in [0, 0.1) is 6.92 Å². The molecule has 7 nitrogen and oxygen atoms in total. The third-order valence-corrected chi connectivity index (χ3v) is 5.96. The number of carbonyl (C=O) groups is 1. The summed E-state index contributed by atoms with van der Waals surface area (Å²) in [6.07, 6.45) is 0. The van der Waals surface area contributed by atoms with Crippen molar-refractivity contribution in [3.05, 3.63) is 75.7 Å². The molecule has 0 saturated carbocycles. The highest BCUT2D eigenvalue weighted by Crippen LogP contribution is 2.19. The van der Waals surface area contributed by atoms with Crippen LogP contribution in [-0.4, -0.2) is 19.3 Å². The number of nitrogens with two attached hydrogens (primary N) is 1. The summed E-state index contributed by atoms with van der Waals surface area (Å²) >= 11 is 1.56. The number of benzene rings is 2. The third kappa shape index (κ3) is 5.63. The zero-order valence-corrected chi connectivity index (χ0v) is 17.6. The Kier molecular flexibility index (Phi) is 6.31. The van der Waals surface area contributed by atoms with Crippen molar-refractivity contribution in [3.8, 4) is 5.75 Å². The Hall–Kier alpha value is -2.75. The maximum Gasteiger partial charge on any atom is 0.251 e. The summed E-state index contributed by atoms with van der Waals surface area (Å²) in [7, 11) is -3.75. The molecule has 0 aliphatic carbocycles. The SMILES string of the molecule is Cc1nc(COc2cccc(C(=O)NC(C)c3ccc(S(N)(=O)=O)cc3)c2)cs1. The number of aromatic nitrogens is 1. The number of primary sulfonamides is 1. The third-order valence-electron chi connectivity index (χ3n) is 4.21. The average molecular weight is 432 g/mol. The summed E-state index contributed by atoms with van der Waals surface area (Å²) in [4.78, 5) is 17.0. The van der Waals surface area contributed by atoms with Crippen LogP contribution >= 0.6 is 11.3 Å². The van der Waals surface area contributed by atoms with Gasteiger partial charge in [0.1, 0.15) is 12.4 Å². The van der Waals surface area contributed by atoms with E-state index in [9.17, 15) is 13.2 Å². The average Bonchev–Trinajstić information content (AvgIpc) is 3.11. The maximum atomic E-state index is 12.6. The smallest absolute Gasteiger partial charge is 0.251 e. The molecule has 3 N–H and O–H groups in total. The Morgan fingerprint density at radius 2 is 1.97 bits per heavy atom. The van der Waals surface area contributed by atoms with Crippen LogP contribution in [0.25, 0.3) is 0 Å². The minimum absolute atomic E-state index is 0.0277. The van der Waals surface area contributed by atoms with E-state index in [4.69, 9.17) is 9.88 Å². The van der Waals surface area contributed by atoms with Gasteiger partial charge >= 0.3 is 0 Å². The van der Waals surface area contributed by atoms with E-state index >= 15 is 0 Å². The Labute approximate surface area is 173 Å². The van der Waals surface area contributed by atoms with Crippen molar-refractivity contribution < 1.29 is 17.9 Å². The Morgan fingerprint density at radius 1 is 1.24 bits per heavy atom. The molecule has 0 fully saturated rings. The standard InChI is InChI=1S/C20H21N3O4S2/c1-13(15-6-8-19(9-7-15)29(21,25)26)22-20(24)16-4-3-5-18(10-16)27-11-17-12-28-14(2)23-17/h3-10,12-13H,11H2,1-2H3,(H,22,24)(H2,21,25,26). The van der Waals surface area contributed by atoms with Gasteiger partial charge in [-0.3, -0.25) is 4.79 Å². The molecule has 0 bridgehead atoms. The molecule has 3 aromatic rings. The van der Waals surface area contributed by atoms with E-state index in [1.54, 1.807) is 47.7 Å². The zero-order valence-electron chi connectivity index (χ0n) is 16.0. The van der Waals surface area contributed by atoms with Gasteiger partial charge in [0.25, 0.3) is 5.91 Å². The van der Waals surface area contributed by atoms with Crippen LogP contribution < -0.4 is 15.2 Å². The summed E-state index contributed by atoms with van der Waals surface area (Å²) in [5, 5.41) is 10.9. The highest BCUT2D eigenvalue weighted by atomic mass is 32.2. The second-order valence-electron chi connectivity index (χ2n) is 6.48. The molecule has 0 aliphatic rings. The van der Waals surface area contributed by atoms with Gasteiger partial charge in [0, 0.05) is 10.9 Å². The van der Waals surface area contributed by atoms with Crippen molar-refractivity contribution in [2.75, 3.05) is 0 Å². The van der Waals surface area contributed by atoms with Gasteiger partial charge in [-0.2, -0.15) is 0 Å². The van der Waals surface area contributed by atoms with Gasteiger partial charge in [0.2, 0.25) is 10.0 Å². The first-order valence-corrected chi connectivity index (χ1v) is 11.2. The number of aryl methyl sites for hydroxylation is 1. The molecule has 1 atom stereocenters. The van der Waals surface area contributed by atoms with Gasteiger partial charge in [0.05, 0.1) is 21.6 Å². The number of carbonyl (C=O) groups excluding carboxylic acids is 1. The molecular formula is C20H21N3O4S2. The van der Waals surface area contributed by atoms with Crippen LogP contribution in [0.1, 0.15) is 39.6 Å². The summed E-state index contributed by atoms with van der Waals surface area (Å²) in [6.45, 7) is 4.08. The number of nitrogens with one attached hydrogen (secondary N) is 1. The molecule has 1 unspecified atom stereocenters. The molecular weight excluding hydrogens is 410 g/mol. The summed E-state index contributed by atoms with van der Waals surface area (Å²) in [5.74, 6) is 0.316. The quantitative estimate of drug-likeness (QED) is 0.597. The molecule has 152 valence electrons. The van der Waals surface area contributed by atoms with Gasteiger partial charge in [0.15, 0.2) is 0 Å². The molecule has 9 heteroatoms. The topological polar surface area (TPSA) is 111 Å². The largest absolute Gasteiger partial charge is 0.487 e. The van der Waals surface area contributed by atoms with Crippen LogP contribution in [0.3, 0.4) is 0 Å². The number of ether oxygens (including phenoxy) is 1. The molecule has 1 aromatic heterocycles. The number of hydrogen-bond donors (Lipinski definition) is 2. The molecule has 1 amide bonds. The van der Waals surface area contributed by atoms with E-state index in [1.807, 2.05) is 19.2 Å². The van der Waals surface area contributed by atoms with Crippen LogP contribution in [0.5, 0.6) is 5.75 Å². The number of sulfonamides is 1. The molecule has 0 aliphatic heterocycles. The predicted octanol–water partition coefficient (Wildman–Crippen LogP) is 3.17. The van der Waals surface area contributed by atoms with Gasteiger partial charge in [-0.25, -0.2) is 18.5 Å². The van der Waals surface area contributed by atoms with Crippen LogP contribution in [0.15, 0.2) is 58.8 Å². The fourth-order valence-corrected chi connectivity index (χ4v) is 3.78. The second kappa shape index (κ2) is 8.73. The molecule has 0 radical (unpaired) electrons. The molecule has 1 heterocycles. The number of nitrogens with zero attached hydrogens (tertiary/aromatic N) is 1. The molecule has 29 heavy (non-hydrogen) atoms. The van der Waals surface area contributed by atoms with Crippen LogP contribution in [-0.2, 0) is 16.6 Å². The van der Waals surface area contributed by atoms with Crippen molar-refractivity contribution in [1.82, 2.24) is 10.3 Å². The lowest BCUT2D eigenvalue weighted by molar-refractivity contribution is 0.0939. The van der Waals surface area contributed by atoms with E-state index in [-0.39, 0.29) is 16.8 Å². The first kappa shape index (κ1) is 21.0. The van der Waals surface area contributed by atoms with Crippen molar-refractivity contribution in [2.24, 2.45) is 5.14 Å². The molecule has 0 saturated heterocycles. The fraction of sp³-hybridized carbons (Fsp3) is 0.200. The van der Waals surface area contributed by atoms with Crippen molar-refractivity contribution in [2.45, 2.75) is 31.4 Å². The van der Waals surface area contributed by atoms with Gasteiger partial charge < -0.3 is 10.1 Å². The maximum absolute atomic E-state index is 12.6.